The molecule has 3 nitrogen and oxygen atoms in total. The summed E-state index contributed by atoms with van der Waals surface area (Å²) in [7, 11) is 0. The predicted octanol–water partition coefficient (Wildman–Crippen LogP) is 6.85. The Bertz CT molecular complexity index is 964. The van der Waals surface area contributed by atoms with Gasteiger partial charge in [0, 0.05) is 5.54 Å². The first-order valence-electron chi connectivity index (χ1n) is 9.45. The molecule has 0 aliphatic carbocycles. The number of alkyl halides is 3. The fourth-order valence-corrected chi connectivity index (χ4v) is 4.02. The van der Waals surface area contributed by atoms with Crippen LogP contribution in [-0.4, -0.2) is 17.3 Å². The van der Waals surface area contributed by atoms with Gasteiger partial charge in [-0.05, 0) is 35.7 Å². The average Bonchev–Trinajstić information content (AvgIpc) is 2.70. The van der Waals surface area contributed by atoms with Crippen molar-refractivity contribution in [3.63, 3.8) is 0 Å². The van der Waals surface area contributed by atoms with E-state index in [9.17, 15) is 23.1 Å². The molecule has 0 aliphatic rings. The van der Waals surface area contributed by atoms with Gasteiger partial charge in [-0.15, -0.1) is 6.42 Å². The lowest BCUT2D eigenvalue weighted by atomic mass is 9.58. The molecule has 0 saturated carbocycles. The Morgan fingerprint density at radius 1 is 1.13 bits per heavy atom. The number of benzene rings is 2. The molecule has 2 aromatic carbocycles. The summed E-state index contributed by atoms with van der Waals surface area (Å²) in [5.74, 6) is -3.31. The minimum atomic E-state index is -4.89. The summed E-state index contributed by atoms with van der Waals surface area (Å²) in [5.41, 5.74) is -1.49. The number of carboxylic acid groups (broad SMARTS) is 1. The summed E-state index contributed by atoms with van der Waals surface area (Å²) in [6.07, 6.45) is 1.42. The molecule has 0 radical (unpaired) electrons. The van der Waals surface area contributed by atoms with Gasteiger partial charge in [-0.25, -0.2) is 0 Å². The lowest BCUT2D eigenvalue weighted by molar-refractivity contribution is -0.211. The van der Waals surface area contributed by atoms with Crippen molar-refractivity contribution in [1.29, 1.82) is 0 Å². The fourth-order valence-electron chi connectivity index (χ4n) is 3.88. The quantitative estimate of drug-likeness (QED) is 0.447. The molecule has 1 N–H and O–H groups in total. The van der Waals surface area contributed by atoms with Crippen LogP contribution in [0.25, 0.3) is 0 Å². The van der Waals surface area contributed by atoms with Crippen LogP contribution in [0, 0.1) is 29.6 Å². The number of allylic oxidation sites excluding steroid dienone is 1. The van der Waals surface area contributed by atoms with Crippen molar-refractivity contribution >= 4 is 17.6 Å². The smallest absolute Gasteiger partial charge is 0.396 e. The van der Waals surface area contributed by atoms with Crippen LogP contribution in [0.15, 0.2) is 66.2 Å². The van der Waals surface area contributed by atoms with E-state index in [2.05, 4.69) is 5.92 Å². The molecule has 0 amide bonds. The summed E-state index contributed by atoms with van der Waals surface area (Å²) in [4.78, 5) is 12.5. The number of hydrogen-bond donors (Lipinski definition) is 1. The highest BCUT2D eigenvalue weighted by molar-refractivity contribution is 6.25. The number of terminal acetylenes is 1. The summed E-state index contributed by atoms with van der Waals surface area (Å²) in [6.45, 7) is 2.81. The van der Waals surface area contributed by atoms with Crippen LogP contribution in [0.2, 0.25) is 0 Å². The monoisotopic (exact) mass is 450 g/mol. The van der Waals surface area contributed by atoms with Gasteiger partial charge in [-0.1, -0.05) is 67.8 Å². The van der Waals surface area contributed by atoms with E-state index in [0.717, 1.165) is 0 Å². The average molecular weight is 451 g/mol. The van der Waals surface area contributed by atoms with Crippen LogP contribution in [0.5, 0.6) is 11.5 Å². The topological polar surface area (TPSA) is 46.5 Å². The SMILES string of the molecule is C#CC(c1cccc(Oc2ccccc2)c1)C(C(=O)O)(C(C)C)C(C=CCl)C(F)(F)F. The second kappa shape index (κ2) is 9.93. The first-order valence-corrected chi connectivity index (χ1v) is 9.88. The maximum Gasteiger partial charge on any atom is 0.396 e. The molecule has 0 fully saturated rings. The zero-order valence-electron chi connectivity index (χ0n) is 16.9. The third kappa shape index (κ3) is 5.05. The lowest BCUT2D eigenvalue weighted by Gasteiger charge is -2.43. The van der Waals surface area contributed by atoms with Crippen molar-refractivity contribution < 1.29 is 27.8 Å². The minimum Gasteiger partial charge on any atom is -0.481 e. The van der Waals surface area contributed by atoms with Crippen LogP contribution in [-0.2, 0) is 4.79 Å². The van der Waals surface area contributed by atoms with Crippen molar-refractivity contribution in [2.75, 3.05) is 0 Å². The largest absolute Gasteiger partial charge is 0.481 e. The molecule has 0 aliphatic heterocycles. The van der Waals surface area contributed by atoms with Gasteiger partial charge in [0.05, 0.1) is 11.8 Å². The van der Waals surface area contributed by atoms with Gasteiger partial charge in [0.2, 0.25) is 0 Å². The summed E-state index contributed by atoms with van der Waals surface area (Å²) in [5, 5.41) is 10.1. The molecule has 2 rings (SSSR count). The highest BCUT2D eigenvalue weighted by atomic mass is 35.5. The van der Waals surface area contributed by atoms with E-state index >= 15 is 0 Å². The number of carbonyl (C=O) groups is 1. The highest BCUT2D eigenvalue weighted by Crippen LogP contribution is 2.54. The Morgan fingerprint density at radius 3 is 2.23 bits per heavy atom. The predicted molar refractivity (Wildman–Crippen MR) is 114 cm³/mol. The summed E-state index contributed by atoms with van der Waals surface area (Å²) < 4.78 is 47.9. The highest BCUT2D eigenvalue weighted by Gasteiger charge is 2.62. The standard InChI is InChI=1S/C24H22ClF3O3/c1-4-20(17-9-8-12-19(15-17)31-18-10-6-5-7-11-18)23(16(2)3,22(29)30)21(13-14-25)24(26,27)28/h1,5-16,20-21H,2-3H3,(H,29,30). The fraction of sp³-hybridized carbons (Fsp3) is 0.292. The van der Waals surface area contributed by atoms with E-state index in [0.29, 0.717) is 23.1 Å². The molecule has 31 heavy (non-hydrogen) atoms. The van der Waals surface area contributed by atoms with Crippen molar-refractivity contribution in [2.45, 2.75) is 25.9 Å². The molecule has 2 aromatic rings. The minimum absolute atomic E-state index is 0.226. The Morgan fingerprint density at radius 2 is 1.74 bits per heavy atom. The maximum atomic E-state index is 14.0. The van der Waals surface area contributed by atoms with Crippen LogP contribution < -0.4 is 4.74 Å². The molecule has 0 heterocycles. The van der Waals surface area contributed by atoms with Gasteiger partial charge in [-0.2, -0.15) is 13.2 Å². The third-order valence-corrected chi connectivity index (χ3v) is 5.42. The third-order valence-electron chi connectivity index (χ3n) is 5.27. The van der Waals surface area contributed by atoms with E-state index in [1.807, 2.05) is 6.07 Å². The lowest BCUT2D eigenvalue weighted by Crippen LogP contribution is -2.52. The van der Waals surface area contributed by atoms with Crippen molar-refractivity contribution in [3.05, 3.63) is 71.8 Å². The van der Waals surface area contributed by atoms with E-state index in [1.54, 1.807) is 36.4 Å². The van der Waals surface area contributed by atoms with Crippen LogP contribution in [0.1, 0.15) is 25.3 Å². The first kappa shape index (κ1) is 24.4. The molecular formula is C24H22ClF3O3. The van der Waals surface area contributed by atoms with E-state index in [4.69, 9.17) is 22.8 Å². The molecule has 0 aromatic heterocycles. The number of para-hydroxylation sites is 1. The zero-order valence-corrected chi connectivity index (χ0v) is 17.7. The number of carboxylic acids is 1. The van der Waals surface area contributed by atoms with Gasteiger partial charge in [0.15, 0.2) is 0 Å². The number of halogens is 4. The molecule has 0 spiro atoms. The number of hydrogen-bond acceptors (Lipinski definition) is 2. The first-order chi connectivity index (χ1) is 14.6. The second-order valence-corrected chi connectivity index (χ2v) is 7.57. The molecule has 0 saturated heterocycles. The van der Waals surface area contributed by atoms with Crippen molar-refractivity contribution in [1.82, 2.24) is 0 Å². The second-order valence-electron chi connectivity index (χ2n) is 7.32. The molecule has 0 bridgehead atoms. The van der Waals surface area contributed by atoms with E-state index in [1.165, 1.54) is 26.0 Å². The Hall–Kier alpha value is -2.91. The molecule has 3 atom stereocenters. The van der Waals surface area contributed by atoms with Gasteiger partial charge >= 0.3 is 12.1 Å². The van der Waals surface area contributed by atoms with Gasteiger partial charge in [0.1, 0.15) is 16.9 Å². The summed E-state index contributed by atoms with van der Waals surface area (Å²) >= 11 is 5.48. The summed E-state index contributed by atoms with van der Waals surface area (Å²) in [6, 6.07) is 14.9. The van der Waals surface area contributed by atoms with Crippen molar-refractivity contribution in [2.24, 2.45) is 17.3 Å². The molecular weight excluding hydrogens is 429 g/mol. The Kier molecular flexibility index (Phi) is 7.80. The van der Waals surface area contributed by atoms with E-state index < -0.39 is 35.3 Å². The zero-order chi connectivity index (χ0) is 23.2. The number of rotatable bonds is 8. The van der Waals surface area contributed by atoms with E-state index in [-0.39, 0.29) is 5.56 Å². The maximum absolute atomic E-state index is 14.0. The van der Waals surface area contributed by atoms with Gasteiger partial charge in [0.25, 0.3) is 0 Å². The molecule has 164 valence electrons. The molecule has 7 heteroatoms. The normalized spacial score (nSPS) is 15.8. The van der Waals surface area contributed by atoms with Gasteiger partial charge in [-0.3, -0.25) is 4.79 Å². The number of aliphatic carboxylic acids is 1. The van der Waals surface area contributed by atoms with Crippen LogP contribution >= 0.6 is 11.6 Å². The Balaban J connectivity index is 2.66. The molecule has 3 unspecified atom stereocenters. The van der Waals surface area contributed by atoms with Crippen molar-refractivity contribution in [3.8, 4) is 23.8 Å². The van der Waals surface area contributed by atoms with Crippen LogP contribution in [0.4, 0.5) is 13.2 Å². The van der Waals surface area contributed by atoms with Gasteiger partial charge < -0.3 is 9.84 Å². The van der Waals surface area contributed by atoms with Crippen LogP contribution in [0.3, 0.4) is 0 Å². The number of ether oxygens (including phenoxy) is 1. The Labute approximate surface area is 184 Å².